The average Bonchev–Trinajstić information content (AvgIpc) is 2.83. The summed E-state index contributed by atoms with van der Waals surface area (Å²) >= 11 is 0. The van der Waals surface area contributed by atoms with Gasteiger partial charge in [0.1, 0.15) is 11.9 Å². The molecule has 0 aliphatic heterocycles. The van der Waals surface area contributed by atoms with Crippen LogP contribution >= 0.6 is 0 Å². The first kappa shape index (κ1) is 13.6. The van der Waals surface area contributed by atoms with Crippen LogP contribution in [0, 0.1) is 6.92 Å². The lowest BCUT2D eigenvalue weighted by molar-refractivity contribution is 0.170. The zero-order valence-electron chi connectivity index (χ0n) is 11.7. The highest BCUT2D eigenvalue weighted by Gasteiger charge is 2.22. The lowest BCUT2D eigenvalue weighted by atomic mass is 10.0. The monoisotopic (exact) mass is 259 g/mol. The Labute approximate surface area is 114 Å². The summed E-state index contributed by atoms with van der Waals surface area (Å²) < 4.78 is 7.89. The Balaban J connectivity index is 2.27. The number of ether oxygens (including phenoxy) is 1. The van der Waals surface area contributed by atoms with E-state index in [1.54, 1.807) is 4.68 Å². The number of nitrogens with two attached hydrogens (primary N) is 1. The second-order valence-corrected chi connectivity index (χ2v) is 4.82. The van der Waals surface area contributed by atoms with E-state index in [-0.39, 0.29) is 12.1 Å². The van der Waals surface area contributed by atoms with Crippen LogP contribution in [0.3, 0.4) is 0 Å². The largest absolute Gasteiger partial charge is 0.484 e. The van der Waals surface area contributed by atoms with Crippen molar-refractivity contribution in [1.82, 2.24) is 9.78 Å². The zero-order chi connectivity index (χ0) is 13.8. The molecule has 19 heavy (non-hydrogen) atoms. The number of benzene rings is 1. The smallest absolute Gasteiger partial charge is 0.142 e. The van der Waals surface area contributed by atoms with Gasteiger partial charge in [0.25, 0.3) is 0 Å². The van der Waals surface area contributed by atoms with E-state index in [0.29, 0.717) is 0 Å². The standard InChI is InChI=1S/C15H21N3O/c1-4-13(16)15(12-9-17-18(3)10-12)19-14-8-6-5-7-11(14)2/h5-10,13,15H,4,16H2,1-3H3. The minimum Gasteiger partial charge on any atom is -0.484 e. The Kier molecular flexibility index (Phi) is 4.22. The Hall–Kier alpha value is -1.81. The Bertz CT molecular complexity index is 536. The highest BCUT2D eigenvalue weighted by Crippen LogP contribution is 2.27. The molecule has 102 valence electrons. The van der Waals surface area contributed by atoms with Gasteiger partial charge in [0.05, 0.1) is 6.20 Å². The van der Waals surface area contributed by atoms with Gasteiger partial charge < -0.3 is 10.5 Å². The van der Waals surface area contributed by atoms with Gasteiger partial charge in [-0.1, -0.05) is 25.1 Å². The molecule has 1 aromatic heterocycles. The molecule has 2 rings (SSSR count). The quantitative estimate of drug-likeness (QED) is 0.898. The van der Waals surface area contributed by atoms with Gasteiger partial charge >= 0.3 is 0 Å². The maximum atomic E-state index is 6.19. The normalized spacial score (nSPS) is 14.1. The molecule has 2 aromatic rings. The number of aryl methyl sites for hydroxylation is 2. The molecule has 2 atom stereocenters. The minimum absolute atomic E-state index is 0.0520. The van der Waals surface area contributed by atoms with Crippen LogP contribution in [0.2, 0.25) is 0 Å². The van der Waals surface area contributed by atoms with Gasteiger partial charge in [0, 0.05) is 24.8 Å². The van der Waals surface area contributed by atoms with Crippen LogP contribution in [0.5, 0.6) is 5.75 Å². The second kappa shape index (κ2) is 5.89. The summed E-state index contributed by atoms with van der Waals surface area (Å²) in [6.45, 7) is 4.10. The van der Waals surface area contributed by atoms with Crippen molar-refractivity contribution in [2.24, 2.45) is 12.8 Å². The van der Waals surface area contributed by atoms with Crippen LogP contribution in [0.4, 0.5) is 0 Å². The Morgan fingerprint density at radius 3 is 2.68 bits per heavy atom. The van der Waals surface area contributed by atoms with E-state index in [9.17, 15) is 0 Å². The van der Waals surface area contributed by atoms with E-state index >= 15 is 0 Å². The maximum absolute atomic E-state index is 6.19. The van der Waals surface area contributed by atoms with Crippen LogP contribution in [0.15, 0.2) is 36.7 Å². The highest BCUT2D eigenvalue weighted by molar-refractivity contribution is 5.32. The van der Waals surface area contributed by atoms with Gasteiger partial charge in [-0.15, -0.1) is 0 Å². The number of aromatic nitrogens is 2. The average molecular weight is 259 g/mol. The molecule has 0 bridgehead atoms. The first-order valence-electron chi connectivity index (χ1n) is 6.58. The van der Waals surface area contributed by atoms with Crippen molar-refractivity contribution in [3.05, 3.63) is 47.8 Å². The van der Waals surface area contributed by atoms with E-state index < -0.39 is 0 Å². The van der Waals surface area contributed by atoms with Crippen LogP contribution < -0.4 is 10.5 Å². The highest BCUT2D eigenvalue weighted by atomic mass is 16.5. The van der Waals surface area contributed by atoms with Gasteiger partial charge in [-0.05, 0) is 25.0 Å². The molecule has 0 aliphatic rings. The van der Waals surface area contributed by atoms with Gasteiger partial charge in [0.15, 0.2) is 0 Å². The molecule has 0 aliphatic carbocycles. The summed E-state index contributed by atoms with van der Waals surface area (Å²) in [6.07, 6.45) is 4.46. The van der Waals surface area contributed by atoms with Crippen molar-refractivity contribution < 1.29 is 4.74 Å². The van der Waals surface area contributed by atoms with Crippen molar-refractivity contribution in [2.45, 2.75) is 32.4 Å². The van der Waals surface area contributed by atoms with Gasteiger partial charge in [-0.2, -0.15) is 5.10 Å². The predicted octanol–water partition coefficient (Wildman–Crippen LogP) is 2.59. The fourth-order valence-corrected chi connectivity index (χ4v) is 2.03. The van der Waals surface area contributed by atoms with Crippen molar-refractivity contribution >= 4 is 0 Å². The van der Waals surface area contributed by atoms with E-state index in [0.717, 1.165) is 23.3 Å². The summed E-state index contributed by atoms with van der Waals surface area (Å²) in [4.78, 5) is 0. The first-order valence-corrected chi connectivity index (χ1v) is 6.58. The van der Waals surface area contributed by atoms with Crippen molar-refractivity contribution in [2.75, 3.05) is 0 Å². The topological polar surface area (TPSA) is 53.1 Å². The molecule has 0 saturated carbocycles. The van der Waals surface area contributed by atoms with Crippen LogP contribution in [0.1, 0.15) is 30.6 Å². The zero-order valence-corrected chi connectivity index (χ0v) is 11.7. The maximum Gasteiger partial charge on any atom is 0.142 e. The SMILES string of the molecule is CCC(N)C(Oc1ccccc1C)c1cnn(C)c1. The van der Waals surface area contributed by atoms with E-state index in [4.69, 9.17) is 10.5 Å². The van der Waals surface area contributed by atoms with Crippen molar-refractivity contribution in [1.29, 1.82) is 0 Å². The third-order valence-corrected chi connectivity index (χ3v) is 3.26. The molecule has 0 radical (unpaired) electrons. The van der Waals surface area contributed by atoms with Crippen LogP contribution in [0.25, 0.3) is 0 Å². The van der Waals surface area contributed by atoms with Crippen LogP contribution in [-0.4, -0.2) is 15.8 Å². The third-order valence-electron chi connectivity index (χ3n) is 3.26. The fourth-order valence-electron chi connectivity index (χ4n) is 2.03. The molecule has 0 saturated heterocycles. The van der Waals surface area contributed by atoms with Gasteiger partial charge in [-0.3, -0.25) is 4.68 Å². The Morgan fingerprint density at radius 2 is 2.11 bits per heavy atom. The number of hydrogen-bond donors (Lipinski definition) is 1. The summed E-state index contributed by atoms with van der Waals surface area (Å²) in [6, 6.07) is 7.93. The summed E-state index contributed by atoms with van der Waals surface area (Å²) in [5, 5.41) is 4.20. The Morgan fingerprint density at radius 1 is 1.37 bits per heavy atom. The molecule has 0 spiro atoms. The predicted molar refractivity (Wildman–Crippen MR) is 76.0 cm³/mol. The van der Waals surface area contributed by atoms with Gasteiger partial charge in [0.2, 0.25) is 0 Å². The fraction of sp³-hybridized carbons (Fsp3) is 0.400. The first-order chi connectivity index (χ1) is 9.11. The molecule has 0 amide bonds. The molecular formula is C15H21N3O. The number of nitrogens with zero attached hydrogens (tertiary/aromatic N) is 2. The minimum atomic E-state index is -0.167. The van der Waals surface area contributed by atoms with Crippen molar-refractivity contribution in [3.8, 4) is 5.75 Å². The molecule has 2 unspecified atom stereocenters. The molecule has 0 fully saturated rings. The second-order valence-electron chi connectivity index (χ2n) is 4.82. The van der Waals surface area contributed by atoms with Crippen LogP contribution in [-0.2, 0) is 7.05 Å². The molecule has 4 heteroatoms. The van der Waals surface area contributed by atoms with Crippen molar-refractivity contribution in [3.63, 3.8) is 0 Å². The lowest BCUT2D eigenvalue weighted by Crippen LogP contribution is -2.31. The summed E-state index contributed by atoms with van der Waals surface area (Å²) in [5.41, 5.74) is 8.32. The molecule has 1 heterocycles. The van der Waals surface area contributed by atoms with E-state index in [1.807, 2.05) is 50.6 Å². The molecular weight excluding hydrogens is 238 g/mol. The number of para-hydroxylation sites is 1. The third kappa shape index (κ3) is 3.15. The van der Waals surface area contributed by atoms with E-state index in [2.05, 4.69) is 12.0 Å². The molecule has 4 nitrogen and oxygen atoms in total. The summed E-state index contributed by atoms with van der Waals surface area (Å²) in [7, 11) is 1.89. The van der Waals surface area contributed by atoms with E-state index in [1.165, 1.54) is 0 Å². The summed E-state index contributed by atoms with van der Waals surface area (Å²) in [5.74, 6) is 0.875. The van der Waals surface area contributed by atoms with Gasteiger partial charge in [-0.25, -0.2) is 0 Å². The number of hydrogen-bond acceptors (Lipinski definition) is 3. The molecule has 1 aromatic carbocycles. The number of rotatable bonds is 5. The lowest BCUT2D eigenvalue weighted by Gasteiger charge is -2.24. The molecule has 2 N–H and O–H groups in total.